The predicted molar refractivity (Wildman–Crippen MR) is 98.3 cm³/mol. The maximum Gasteiger partial charge on any atom is 0.416 e. The zero-order valence-corrected chi connectivity index (χ0v) is 15.7. The van der Waals surface area contributed by atoms with Crippen LogP contribution in [0.25, 0.3) is 0 Å². The summed E-state index contributed by atoms with van der Waals surface area (Å²) >= 11 is 12.1. The largest absolute Gasteiger partial charge is 0.452 e. The molecule has 0 radical (unpaired) electrons. The first-order valence-corrected chi connectivity index (χ1v) is 8.78. The van der Waals surface area contributed by atoms with E-state index in [1.807, 2.05) is 0 Å². The second-order valence-electron chi connectivity index (χ2n) is 5.90. The van der Waals surface area contributed by atoms with Crippen molar-refractivity contribution < 1.29 is 22.7 Å². The minimum Gasteiger partial charge on any atom is -0.452 e. The number of benzene rings is 2. The Kier molecular flexibility index (Phi) is 5.96. The summed E-state index contributed by atoms with van der Waals surface area (Å²) in [5.41, 5.74) is -0.673. The molecule has 0 aliphatic rings. The number of imidazole rings is 1. The van der Waals surface area contributed by atoms with Crippen LogP contribution >= 0.6 is 23.2 Å². The fourth-order valence-electron chi connectivity index (χ4n) is 2.57. The van der Waals surface area contributed by atoms with Gasteiger partial charge in [0.25, 0.3) is 0 Å². The Labute approximate surface area is 168 Å². The quantitative estimate of drug-likeness (QED) is 0.481. The molecular weight excluding hydrogens is 416 g/mol. The van der Waals surface area contributed by atoms with Crippen molar-refractivity contribution >= 4 is 29.2 Å². The Morgan fingerprint density at radius 3 is 2.61 bits per heavy atom. The van der Waals surface area contributed by atoms with E-state index in [9.17, 15) is 18.0 Å². The zero-order chi connectivity index (χ0) is 20.3. The highest BCUT2D eigenvalue weighted by atomic mass is 35.5. The van der Waals surface area contributed by atoms with Gasteiger partial charge in [0.2, 0.25) is 0 Å². The van der Waals surface area contributed by atoms with Crippen molar-refractivity contribution in [1.29, 1.82) is 0 Å². The summed E-state index contributed by atoms with van der Waals surface area (Å²) < 4.78 is 45.9. The lowest BCUT2D eigenvalue weighted by atomic mass is 10.1. The number of nitrogens with zero attached hydrogens (tertiary/aromatic N) is 2. The van der Waals surface area contributed by atoms with Gasteiger partial charge >= 0.3 is 12.1 Å². The van der Waals surface area contributed by atoms with Gasteiger partial charge in [-0.1, -0.05) is 35.3 Å². The molecule has 146 valence electrons. The lowest BCUT2D eigenvalue weighted by Crippen LogP contribution is -2.17. The third-order valence-corrected chi connectivity index (χ3v) is 4.48. The molecule has 0 amide bonds. The molecule has 0 spiro atoms. The summed E-state index contributed by atoms with van der Waals surface area (Å²) in [4.78, 5) is 16.5. The summed E-state index contributed by atoms with van der Waals surface area (Å²) in [7, 11) is 0. The Bertz CT molecular complexity index is 976. The second-order valence-corrected chi connectivity index (χ2v) is 6.74. The van der Waals surface area contributed by atoms with Crippen molar-refractivity contribution in [3.05, 3.63) is 87.9 Å². The Morgan fingerprint density at radius 1 is 1.18 bits per heavy atom. The van der Waals surface area contributed by atoms with Crippen molar-refractivity contribution in [2.24, 2.45) is 0 Å². The highest BCUT2D eigenvalue weighted by molar-refractivity contribution is 6.35. The van der Waals surface area contributed by atoms with Crippen LogP contribution in [0.4, 0.5) is 13.2 Å². The fraction of sp³-hybridized carbons (Fsp3) is 0.158. The SMILES string of the molecule is O=C(O[C@H](Cn1ccnc1)c1ccc(Cl)cc1Cl)c1cccc(C(F)(F)F)c1. The van der Waals surface area contributed by atoms with E-state index in [4.69, 9.17) is 27.9 Å². The molecule has 0 bridgehead atoms. The first-order valence-electron chi connectivity index (χ1n) is 8.03. The molecule has 28 heavy (non-hydrogen) atoms. The van der Waals surface area contributed by atoms with Crippen LogP contribution in [0.5, 0.6) is 0 Å². The van der Waals surface area contributed by atoms with E-state index in [0.717, 1.165) is 18.2 Å². The van der Waals surface area contributed by atoms with Gasteiger partial charge in [0.1, 0.15) is 6.10 Å². The Balaban J connectivity index is 1.90. The van der Waals surface area contributed by atoms with Gasteiger partial charge in [-0.2, -0.15) is 13.2 Å². The van der Waals surface area contributed by atoms with Gasteiger partial charge in [0.15, 0.2) is 0 Å². The van der Waals surface area contributed by atoms with Gasteiger partial charge in [-0.15, -0.1) is 0 Å². The van der Waals surface area contributed by atoms with Crippen LogP contribution in [0.3, 0.4) is 0 Å². The molecule has 9 heteroatoms. The van der Waals surface area contributed by atoms with E-state index in [2.05, 4.69) is 4.98 Å². The summed E-state index contributed by atoms with van der Waals surface area (Å²) in [6.45, 7) is 0.173. The molecule has 2 aromatic carbocycles. The Hall–Kier alpha value is -2.51. The molecule has 0 aliphatic carbocycles. The summed E-state index contributed by atoms with van der Waals surface area (Å²) in [5.74, 6) is -0.901. The summed E-state index contributed by atoms with van der Waals surface area (Å²) in [6.07, 6.45) is -0.689. The molecule has 3 aromatic rings. The third-order valence-electron chi connectivity index (χ3n) is 3.92. The van der Waals surface area contributed by atoms with E-state index in [0.29, 0.717) is 10.6 Å². The normalized spacial score (nSPS) is 12.6. The summed E-state index contributed by atoms with van der Waals surface area (Å²) in [5, 5.41) is 0.675. The van der Waals surface area contributed by atoms with Crippen LogP contribution in [0.15, 0.2) is 61.2 Å². The topological polar surface area (TPSA) is 44.1 Å². The van der Waals surface area contributed by atoms with Gasteiger partial charge in [-0.05, 0) is 30.3 Å². The maximum absolute atomic E-state index is 12.9. The number of alkyl halides is 3. The average Bonchev–Trinajstić information content (AvgIpc) is 3.14. The van der Waals surface area contributed by atoms with Crippen molar-refractivity contribution in [2.75, 3.05) is 0 Å². The number of carbonyl (C=O) groups is 1. The van der Waals surface area contributed by atoms with Gasteiger partial charge in [0.05, 0.1) is 24.0 Å². The smallest absolute Gasteiger partial charge is 0.416 e. The zero-order valence-electron chi connectivity index (χ0n) is 14.2. The van der Waals surface area contributed by atoms with E-state index >= 15 is 0 Å². The molecule has 0 N–H and O–H groups in total. The molecule has 1 heterocycles. The number of rotatable bonds is 5. The molecule has 3 rings (SSSR count). The molecule has 0 saturated carbocycles. The van der Waals surface area contributed by atoms with Crippen LogP contribution in [0.2, 0.25) is 10.0 Å². The number of esters is 1. The lowest BCUT2D eigenvalue weighted by Gasteiger charge is -2.20. The molecule has 0 unspecified atom stereocenters. The minimum absolute atomic E-state index is 0.173. The van der Waals surface area contributed by atoms with Gasteiger partial charge in [-0.3, -0.25) is 0 Å². The fourth-order valence-corrected chi connectivity index (χ4v) is 3.10. The highest BCUT2D eigenvalue weighted by Gasteiger charge is 2.31. The van der Waals surface area contributed by atoms with E-state index in [1.54, 1.807) is 29.1 Å². The molecule has 4 nitrogen and oxygen atoms in total. The molecule has 0 fully saturated rings. The number of carbonyl (C=O) groups excluding carboxylic acids is 1. The Morgan fingerprint density at radius 2 is 1.96 bits per heavy atom. The van der Waals surface area contributed by atoms with Gasteiger partial charge in [0, 0.05) is 28.0 Å². The van der Waals surface area contributed by atoms with Crippen LogP contribution in [-0.4, -0.2) is 15.5 Å². The number of aromatic nitrogens is 2. The number of halogens is 5. The lowest BCUT2D eigenvalue weighted by molar-refractivity contribution is -0.137. The van der Waals surface area contributed by atoms with E-state index < -0.39 is 23.8 Å². The minimum atomic E-state index is -4.56. The van der Waals surface area contributed by atoms with Crippen LogP contribution in [-0.2, 0) is 17.5 Å². The number of ether oxygens (including phenoxy) is 1. The first kappa shape index (κ1) is 20.2. The first-order chi connectivity index (χ1) is 13.2. The number of hydrogen-bond acceptors (Lipinski definition) is 3. The molecule has 1 atom stereocenters. The van der Waals surface area contributed by atoms with Gasteiger partial charge < -0.3 is 9.30 Å². The van der Waals surface area contributed by atoms with Crippen molar-refractivity contribution in [3.8, 4) is 0 Å². The van der Waals surface area contributed by atoms with E-state index in [-0.39, 0.29) is 17.1 Å². The molecule has 0 saturated heterocycles. The van der Waals surface area contributed by atoms with Crippen LogP contribution in [0, 0.1) is 0 Å². The second kappa shape index (κ2) is 8.24. The average molecular weight is 429 g/mol. The monoisotopic (exact) mass is 428 g/mol. The highest BCUT2D eigenvalue weighted by Crippen LogP contribution is 2.32. The number of hydrogen-bond donors (Lipinski definition) is 0. The standard InChI is InChI=1S/C19H13Cl2F3N2O2/c20-14-4-5-15(16(21)9-14)17(10-26-7-6-25-11-26)28-18(27)12-2-1-3-13(8-12)19(22,23)24/h1-9,11,17H,10H2/t17-/m1/s1. The van der Waals surface area contributed by atoms with E-state index in [1.165, 1.54) is 18.5 Å². The van der Waals surface area contributed by atoms with Crippen LogP contribution in [0.1, 0.15) is 27.6 Å². The third kappa shape index (κ3) is 4.85. The van der Waals surface area contributed by atoms with Gasteiger partial charge in [-0.25, -0.2) is 9.78 Å². The van der Waals surface area contributed by atoms with Crippen molar-refractivity contribution in [2.45, 2.75) is 18.8 Å². The maximum atomic E-state index is 12.9. The van der Waals surface area contributed by atoms with Crippen LogP contribution < -0.4 is 0 Å². The molecular formula is C19H13Cl2F3N2O2. The van der Waals surface area contributed by atoms with Crippen molar-refractivity contribution in [1.82, 2.24) is 9.55 Å². The predicted octanol–water partition coefficient (Wildman–Crippen LogP) is 5.81. The molecule has 1 aromatic heterocycles. The molecule has 0 aliphatic heterocycles. The summed E-state index contributed by atoms with van der Waals surface area (Å²) in [6, 6.07) is 8.73. The van der Waals surface area contributed by atoms with Crippen molar-refractivity contribution in [3.63, 3.8) is 0 Å².